The van der Waals surface area contributed by atoms with Crippen molar-refractivity contribution in [2.75, 3.05) is 32.7 Å². The normalized spacial score (nSPS) is 15.4. The number of carbonyl (C=O) groups is 1. The molecule has 1 aromatic heterocycles. The lowest BCUT2D eigenvalue weighted by Gasteiger charge is -2.34. The highest BCUT2D eigenvalue weighted by Crippen LogP contribution is 2.22. The number of amides is 1. The number of aromatic nitrogens is 3. The number of rotatable bonds is 6. The van der Waals surface area contributed by atoms with Crippen molar-refractivity contribution in [2.45, 2.75) is 38.2 Å². The SMILES string of the molecule is CCN1CCN(C(=O)c2ccc(CSc3nnc(C)n3CC)cc2)CC1. The smallest absolute Gasteiger partial charge is 0.253 e. The van der Waals surface area contributed by atoms with Crippen LogP contribution in [0.25, 0.3) is 0 Å². The van der Waals surface area contributed by atoms with E-state index in [4.69, 9.17) is 0 Å². The molecule has 2 heterocycles. The van der Waals surface area contributed by atoms with E-state index in [2.05, 4.69) is 33.5 Å². The number of aryl methyl sites for hydroxylation is 1. The monoisotopic (exact) mass is 373 g/mol. The van der Waals surface area contributed by atoms with E-state index >= 15 is 0 Å². The highest BCUT2D eigenvalue weighted by molar-refractivity contribution is 7.98. The Hall–Kier alpha value is -1.86. The van der Waals surface area contributed by atoms with Gasteiger partial charge < -0.3 is 14.4 Å². The second kappa shape index (κ2) is 8.68. The van der Waals surface area contributed by atoms with Crippen LogP contribution in [0.3, 0.4) is 0 Å². The second-order valence-corrected chi connectivity index (χ2v) is 7.43. The van der Waals surface area contributed by atoms with E-state index < -0.39 is 0 Å². The van der Waals surface area contributed by atoms with Crippen molar-refractivity contribution < 1.29 is 4.79 Å². The number of hydrogen-bond acceptors (Lipinski definition) is 5. The summed E-state index contributed by atoms with van der Waals surface area (Å²) in [6.07, 6.45) is 0. The van der Waals surface area contributed by atoms with Crippen molar-refractivity contribution in [3.8, 4) is 0 Å². The molecule has 1 aromatic carbocycles. The molecule has 0 bridgehead atoms. The van der Waals surface area contributed by atoms with Crippen molar-refractivity contribution in [1.29, 1.82) is 0 Å². The molecule has 2 aromatic rings. The first-order chi connectivity index (χ1) is 12.6. The van der Waals surface area contributed by atoms with Crippen LogP contribution >= 0.6 is 11.8 Å². The van der Waals surface area contributed by atoms with Crippen LogP contribution in [0.2, 0.25) is 0 Å². The quantitative estimate of drug-likeness (QED) is 0.729. The first-order valence-corrected chi connectivity index (χ1v) is 10.2. The Balaban J connectivity index is 1.57. The highest BCUT2D eigenvalue weighted by Gasteiger charge is 2.21. The summed E-state index contributed by atoms with van der Waals surface area (Å²) in [6.45, 7) is 11.7. The number of likely N-dealkylation sites (N-methyl/N-ethyl adjacent to an activating group) is 1. The van der Waals surface area contributed by atoms with Crippen molar-refractivity contribution in [3.63, 3.8) is 0 Å². The van der Waals surface area contributed by atoms with Gasteiger partial charge in [0.1, 0.15) is 5.82 Å². The van der Waals surface area contributed by atoms with Gasteiger partial charge in [-0.25, -0.2) is 0 Å². The van der Waals surface area contributed by atoms with E-state index in [0.717, 1.165) is 61.6 Å². The van der Waals surface area contributed by atoms with Gasteiger partial charge in [-0.05, 0) is 38.1 Å². The molecule has 0 aliphatic carbocycles. The van der Waals surface area contributed by atoms with E-state index in [0.29, 0.717) is 0 Å². The number of thioether (sulfide) groups is 1. The maximum Gasteiger partial charge on any atom is 0.253 e. The van der Waals surface area contributed by atoms with Crippen LogP contribution in [-0.2, 0) is 12.3 Å². The largest absolute Gasteiger partial charge is 0.336 e. The molecule has 1 aliphatic heterocycles. The minimum atomic E-state index is 0.140. The summed E-state index contributed by atoms with van der Waals surface area (Å²) < 4.78 is 2.11. The van der Waals surface area contributed by atoms with Gasteiger partial charge in [0.05, 0.1) is 0 Å². The minimum Gasteiger partial charge on any atom is -0.336 e. The zero-order valence-corrected chi connectivity index (χ0v) is 16.6. The molecule has 26 heavy (non-hydrogen) atoms. The molecule has 1 aliphatic rings. The molecule has 0 saturated carbocycles. The van der Waals surface area contributed by atoms with Crippen LogP contribution in [0.5, 0.6) is 0 Å². The third kappa shape index (κ3) is 4.27. The Morgan fingerprint density at radius 3 is 2.35 bits per heavy atom. The summed E-state index contributed by atoms with van der Waals surface area (Å²) in [6, 6.07) is 7.98. The average Bonchev–Trinajstić information content (AvgIpc) is 3.05. The maximum absolute atomic E-state index is 12.7. The van der Waals surface area contributed by atoms with Crippen molar-refractivity contribution in [2.24, 2.45) is 0 Å². The molecule has 1 fully saturated rings. The van der Waals surface area contributed by atoms with Gasteiger partial charge in [0.25, 0.3) is 5.91 Å². The Kier molecular flexibility index (Phi) is 6.32. The van der Waals surface area contributed by atoms with Gasteiger partial charge in [-0.3, -0.25) is 4.79 Å². The summed E-state index contributed by atoms with van der Waals surface area (Å²) in [5.74, 6) is 1.90. The topological polar surface area (TPSA) is 54.3 Å². The lowest BCUT2D eigenvalue weighted by Crippen LogP contribution is -2.48. The first kappa shape index (κ1) is 18.9. The number of nitrogens with zero attached hydrogens (tertiary/aromatic N) is 5. The molecule has 3 rings (SSSR count). The zero-order valence-electron chi connectivity index (χ0n) is 15.8. The van der Waals surface area contributed by atoms with Gasteiger partial charge in [-0.1, -0.05) is 30.8 Å². The van der Waals surface area contributed by atoms with Crippen LogP contribution in [0, 0.1) is 6.92 Å². The third-order valence-electron chi connectivity index (χ3n) is 4.89. The standard InChI is InChI=1S/C19H27N5OS/c1-4-22-10-12-23(13-11-22)18(25)17-8-6-16(7-9-17)14-26-19-21-20-15(3)24(19)5-2/h6-9H,4-5,10-14H2,1-3H3. The summed E-state index contributed by atoms with van der Waals surface area (Å²) in [7, 11) is 0. The number of benzene rings is 1. The van der Waals surface area contributed by atoms with Crippen LogP contribution in [-0.4, -0.2) is 63.2 Å². The highest BCUT2D eigenvalue weighted by atomic mass is 32.2. The van der Waals surface area contributed by atoms with Gasteiger partial charge in [0, 0.05) is 44.0 Å². The van der Waals surface area contributed by atoms with E-state index in [1.165, 1.54) is 5.56 Å². The van der Waals surface area contributed by atoms with Crippen LogP contribution in [0.15, 0.2) is 29.4 Å². The van der Waals surface area contributed by atoms with E-state index in [-0.39, 0.29) is 5.91 Å². The Morgan fingerprint density at radius 2 is 1.73 bits per heavy atom. The van der Waals surface area contributed by atoms with Crippen LogP contribution < -0.4 is 0 Å². The maximum atomic E-state index is 12.7. The van der Waals surface area contributed by atoms with E-state index in [1.54, 1.807) is 11.8 Å². The molecule has 1 amide bonds. The molecule has 0 spiro atoms. The Morgan fingerprint density at radius 1 is 1.04 bits per heavy atom. The fourth-order valence-corrected chi connectivity index (χ4v) is 4.18. The number of carbonyl (C=O) groups excluding carboxylic acids is 1. The summed E-state index contributed by atoms with van der Waals surface area (Å²) in [4.78, 5) is 17.0. The summed E-state index contributed by atoms with van der Waals surface area (Å²) in [5, 5.41) is 9.32. The molecule has 7 heteroatoms. The van der Waals surface area contributed by atoms with E-state index in [9.17, 15) is 4.79 Å². The van der Waals surface area contributed by atoms with Crippen molar-refractivity contribution in [1.82, 2.24) is 24.6 Å². The van der Waals surface area contributed by atoms with Gasteiger partial charge in [-0.15, -0.1) is 10.2 Å². The van der Waals surface area contributed by atoms with Crippen LogP contribution in [0.1, 0.15) is 35.6 Å². The molecular formula is C19H27N5OS. The summed E-state index contributed by atoms with van der Waals surface area (Å²) >= 11 is 1.68. The fourth-order valence-electron chi connectivity index (χ4n) is 3.17. The van der Waals surface area contributed by atoms with Gasteiger partial charge in [-0.2, -0.15) is 0 Å². The van der Waals surface area contributed by atoms with Gasteiger partial charge in [0.15, 0.2) is 5.16 Å². The van der Waals surface area contributed by atoms with Crippen molar-refractivity contribution >= 4 is 17.7 Å². The molecule has 0 unspecified atom stereocenters. The Bertz CT molecular complexity index is 735. The number of hydrogen-bond donors (Lipinski definition) is 0. The lowest BCUT2D eigenvalue weighted by molar-refractivity contribution is 0.0643. The van der Waals surface area contributed by atoms with Crippen LogP contribution in [0.4, 0.5) is 0 Å². The molecule has 140 valence electrons. The molecule has 0 radical (unpaired) electrons. The Labute approximate surface area is 159 Å². The predicted octanol–water partition coefficient (Wildman–Crippen LogP) is 2.68. The van der Waals surface area contributed by atoms with E-state index in [1.807, 2.05) is 36.1 Å². The zero-order chi connectivity index (χ0) is 18.5. The predicted molar refractivity (Wildman–Crippen MR) is 104 cm³/mol. The second-order valence-electron chi connectivity index (χ2n) is 6.49. The average molecular weight is 374 g/mol. The van der Waals surface area contributed by atoms with Crippen molar-refractivity contribution in [3.05, 3.63) is 41.2 Å². The first-order valence-electron chi connectivity index (χ1n) is 9.25. The third-order valence-corrected chi connectivity index (χ3v) is 5.93. The van der Waals surface area contributed by atoms with Gasteiger partial charge >= 0.3 is 0 Å². The van der Waals surface area contributed by atoms with Gasteiger partial charge in [0.2, 0.25) is 0 Å². The fraction of sp³-hybridized carbons (Fsp3) is 0.526. The number of piperazine rings is 1. The molecule has 6 nitrogen and oxygen atoms in total. The molecular weight excluding hydrogens is 346 g/mol. The minimum absolute atomic E-state index is 0.140. The lowest BCUT2D eigenvalue weighted by atomic mass is 10.1. The summed E-state index contributed by atoms with van der Waals surface area (Å²) in [5.41, 5.74) is 1.96. The molecule has 1 saturated heterocycles. The molecule has 0 N–H and O–H groups in total. The molecule has 0 atom stereocenters.